The molecular weight excluding hydrogens is 196 g/mol. The molecule has 0 heterocycles. The highest BCUT2D eigenvalue weighted by Crippen LogP contribution is 1.76. The predicted molar refractivity (Wildman–Crippen MR) is 58.5 cm³/mol. The van der Waals surface area contributed by atoms with Gasteiger partial charge in [-0.1, -0.05) is 0 Å². The van der Waals surface area contributed by atoms with Gasteiger partial charge >= 0.3 is 12.1 Å². The molecule has 15 heavy (non-hydrogen) atoms. The molecule has 0 aliphatic heterocycles. The fourth-order valence-corrected chi connectivity index (χ4v) is 0.831. The lowest BCUT2D eigenvalue weighted by Gasteiger charge is -2.12. The number of nitrogens with one attached hydrogen (secondary N) is 4. The van der Waals surface area contributed by atoms with E-state index >= 15 is 0 Å². The lowest BCUT2D eigenvalue weighted by Crippen LogP contribution is -2.48. The van der Waals surface area contributed by atoms with Gasteiger partial charge in [0, 0.05) is 12.1 Å². The van der Waals surface area contributed by atoms with Crippen molar-refractivity contribution in [1.82, 2.24) is 21.3 Å². The van der Waals surface area contributed by atoms with Gasteiger partial charge in [0.1, 0.15) is 0 Å². The van der Waals surface area contributed by atoms with Gasteiger partial charge in [0.25, 0.3) is 0 Å². The molecule has 88 valence electrons. The van der Waals surface area contributed by atoms with Crippen LogP contribution in [0.15, 0.2) is 0 Å². The minimum absolute atomic E-state index is 0.0782. The second kappa shape index (κ2) is 6.92. The van der Waals surface area contributed by atoms with Crippen LogP contribution in [0.1, 0.15) is 27.7 Å². The molecule has 0 saturated carbocycles. The number of amides is 4. The molecule has 4 N–H and O–H groups in total. The van der Waals surface area contributed by atoms with Crippen molar-refractivity contribution in [2.45, 2.75) is 39.8 Å². The van der Waals surface area contributed by atoms with Crippen molar-refractivity contribution in [1.29, 1.82) is 0 Å². The number of hydrogen-bond donors (Lipinski definition) is 4. The summed E-state index contributed by atoms with van der Waals surface area (Å²) in [6.07, 6.45) is 0. The van der Waals surface area contributed by atoms with Gasteiger partial charge in [-0.3, -0.25) is 0 Å². The summed E-state index contributed by atoms with van der Waals surface area (Å²) in [5, 5.41) is 10.3. The normalized spacial score (nSPS) is 10.0. The predicted octanol–water partition coefficient (Wildman–Crippen LogP) is 0.359. The molecule has 0 aromatic carbocycles. The van der Waals surface area contributed by atoms with Crippen molar-refractivity contribution in [3.8, 4) is 0 Å². The molecule has 0 radical (unpaired) electrons. The second-order valence-corrected chi connectivity index (χ2v) is 3.79. The van der Waals surface area contributed by atoms with Crippen molar-refractivity contribution < 1.29 is 9.59 Å². The molecule has 0 rings (SSSR count). The number of carbonyl (C=O) groups excluding carboxylic acids is 2. The van der Waals surface area contributed by atoms with Crippen LogP contribution in [-0.4, -0.2) is 30.8 Å². The van der Waals surface area contributed by atoms with Crippen LogP contribution < -0.4 is 21.3 Å². The molecule has 0 aliphatic carbocycles. The van der Waals surface area contributed by atoms with Crippen LogP contribution in [0, 0.1) is 0 Å². The van der Waals surface area contributed by atoms with Gasteiger partial charge in [0.05, 0.1) is 6.67 Å². The maximum Gasteiger partial charge on any atom is 0.316 e. The Bertz CT molecular complexity index is 194. The third-order valence-electron chi connectivity index (χ3n) is 1.34. The minimum Gasteiger partial charge on any atom is -0.336 e. The first-order chi connectivity index (χ1) is 6.91. The Kier molecular flexibility index (Phi) is 6.24. The van der Waals surface area contributed by atoms with Crippen LogP contribution in [-0.2, 0) is 0 Å². The lowest BCUT2D eigenvalue weighted by atomic mass is 10.4. The van der Waals surface area contributed by atoms with Gasteiger partial charge in [-0.15, -0.1) is 0 Å². The highest BCUT2D eigenvalue weighted by atomic mass is 16.2. The summed E-state index contributed by atoms with van der Waals surface area (Å²) in [7, 11) is 0. The number of urea groups is 2. The van der Waals surface area contributed by atoms with E-state index in [0.29, 0.717) is 0 Å². The van der Waals surface area contributed by atoms with Crippen molar-refractivity contribution in [3.05, 3.63) is 0 Å². The zero-order valence-corrected chi connectivity index (χ0v) is 9.68. The summed E-state index contributed by atoms with van der Waals surface area (Å²) in [5.41, 5.74) is 0. The molecule has 0 atom stereocenters. The molecule has 0 unspecified atom stereocenters. The Hall–Kier alpha value is -1.46. The summed E-state index contributed by atoms with van der Waals surface area (Å²) in [5.74, 6) is 0. The summed E-state index contributed by atoms with van der Waals surface area (Å²) < 4.78 is 0. The molecule has 0 saturated heterocycles. The van der Waals surface area contributed by atoms with E-state index in [1.165, 1.54) is 0 Å². The largest absolute Gasteiger partial charge is 0.336 e. The van der Waals surface area contributed by atoms with E-state index in [1.54, 1.807) is 0 Å². The van der Waals surface area contributed by atoms with E-state index in [-0.39, 0.29) is 30.8 Å². The molecule has 0 fully saturated rings. The number of rotatable bonds is 4. The SMILES string of the molecule is CC(C)NC(=O)NCNC(=O)NC(C)C. The molecule has 0 aliphatic rings. The van der Waals surface area contributed by atoms with Gasteiger partial charge in [-0.25, -0.2) is 9.59 Å². The zero-order chi connectivity index (χ0) is 11.8. The van der Waals surface area contributed by atoms with Crippen molar-refractivity contribution in [2.24, 2.45) is 0 Å². The molecule has 6 nitrogen and oxygen atoms in total. The standard InChI is InChI=1S/C9H20N4O2/c1-6(2)12-8(14)10-5-11-9(15)13-7(3)4/h6-7H,5H2,1-4H3,(H2,10,12,14)(H2,11,13,15). The van der Waals surface area contributed by atoms with Gasteiger partial charge in [0.2, 0.25) is 0 Å². The molecule has 0 spiro atoms. The van der Waals surface area contributed by atoms with Gasteiger partial charge < -0.3 is 21.3 Å². The number of carbonyl (C=O) groups is 2. The summed E-state index contributed by atoms with van der Waals surface area (Å²) in [6.45, 7) is 7.55. The Morgan fingerprint density at radius 3 is 1.47 bits per heavy atom. The minimum atomic E-state index is -0.296. The third kappa shape index (κ3) is 8.86. The van der Waals surface area contributed by atoms with E-state index in [1.807, 2.05) is 27.7 Å². The van der Waals surface area contributed by atoms with E-state index in [4.69, 9.17) is 0 Å². The van der Waals surface area contributed by atoms with Crippen molar-refractivity contribution in [2.75, 3.05) is 6.67 Å². The Balaban J connectivity index is 3.53. The maximum absolute atomic E-state index is 11.1. The Morgan fingerprint density at radius 2 is 1.20 bits per heavy atom. The van der Waals surface area contributed by atoms with E-state index in [2.05, 4.69) is 21.3 Å². The molecule has 0 aromatic heterocycles. The molecule has 4 amide bonds. The highest BCUT2D eigenvalue weighted by molar-refractivity contribution is 5.76. The highest BCUT2D eigenvalue weighted by Gasteiger charge is 2.03. The van der Waals surface area contributed by atoms with Crippen LogP contribution in [0.2, 0.25) is 0 Å². The van der Waals surface area contributed by atoms with Crippen LogP contribution in [0.3, 0.4) is 0 Å². The molecule has 6 heteroatoms. The van der Waals surface area contributed by atoms with Gasteiger partial charge in [0.15, 0.2) is 0 Å². The van der Waals surface area contributed by atoms with Crippen molar-refractivity contribution >= 4 is 12.1 Å². The topological polar surface area (TPSA) is 82.3 Å². The molecule has 0 aromatic rings. The number of hydrogen-bond acceptors (Lipinski definition) is 2. The van der Waals surface area contributed by atoms with E-state index in [9.17, 15) is 9.59 Å². The fourth-order valence-electron chi connectivity index (χ4n) is 0.831. The van der Waals surface area contributed by atoms with Crippen LogP contribution >= 0.6 is 0 Å². The third-order valence-corrected chi connectivity index (χ3v) is 1.34. The lowest BCUT2D eigenvalue weighted by molar-refractivity contribution is 0.232. The van der Waals surface area contributed by atoms with Gasteiger partial charge in [-0.05, 0) is 27.7 Å². The second-order valence-electron chi connectivity index (χ2n) is 3.79. The first kappa shape index (κ1) is 13.5. The Morgan fingerprint density at radius 1 is 0.867 bits per heavy atom. The maximum atomic E-state index is 11.1. The monoisotopic (exact) mass is 216 g/mol. The van der Waals surface area contributed by atoms with Crippen molar-refractivity contribution in [3.63, 3.8) is 0 Å². The Labute approximate surface area is 90.2 Å². The zero-order valence-electron chi connectivity index (χ0n) is 9.68. The van der Waals surface area contributed by atoms with Gasteiger partial charge in [-0.2, -0.15) is 0 Å². The van der Waals surface area contributed by atoms with E-state index < -0.39 is 0 Å². The van der Waals surface area contributed by atoms with Crippen LogP contribution in [0.4, 0.5) is 9.59 Å². The summed E-state index contributed by atoms with van der Waals surface area (Å²) in [4.78, 5) is 22.1. The van der Waals surface area contributed by atoms with E-state index in [0.717, 1.165) is 0 Å². The first-order valence-electron chi connectivity index (χ1n) is 5.00. The summed E-state index contributed by atoms with van der Waals surface area (Å²) >= 11 is 0. The average molecular weight is 216 g/mol. The average Bonchev–Trinajstić information content (AvgIpc) is 2.00. The fraction of sp³-hybridized carbons (Fsp3) is 0.778. The van der Waals surface area contributed by atoms with Crippen LogP contribution in [0.5, 0.6) is 0 Å². The smallest absolute Gasteiger partial charge is 0.316 e. The quantitative estimate of drug-likeness (QED) is 0.512. The molecule has 0 bridgehead atoms. The van der Waals surface area contributed by atoms with Crippen LogP contribution in [0.25, 0.3) is 0 Å². The first-order valence-corrected chi connectivity index (χ1v) is 5.00. The summed E-state index contributed by atoms with van der Waals surface area (Å²) in [6, 6.07) is -0.436. The molecular formula is C9H20N4O2.